The van der Waals surface area contributed by atoms with Gasteiger partial charge in [0.15, 0.2) is 5.78 Å². The van der Waals surface area contributed by atoms with Gasteiger partial charge in [-0.3, -0.25) is 4.79 Å². The number of hydrogen-bond donors (Lipinski definition) is 3. The number of carbonyl (C=O) groups is 2. The highest BCUT2D eigenvalue weighted by molar-refractivity contribution is 9.10. The highest BCUT2D eigenvalue weighted by Gasteiger charge is 2.66. The molecule has 3 rings (SSSR count). The first-order valence-electron chi connectivity index (χ1n) is 7.86. The fourth-order valence-corrected chi connectivity index (χ4v) is 3.34. The smallest absolute Gasteiger partial charge is 0.363 e. The van der Waals surface area contributed by atoms with Crippen LogP contribution in [-0.4, -0.2) is 28.8 Å². The van der Waals surface area contributed by atoms with Crippen LogP contribution in [-0.2, 0) is 0 Å². The van der Waals surface area contributed by atoms with Crippen LogP contribution in [0.1, 0.15) is 22.0 Å². The number of urea groups is 1. The quantitative estimate of drug-likeness (QED) is 0.636. The monoisotopic (exact) mass is 442 g/mol. The van der Waals surface area contributed by atoms with Gasteiger partial charge in [0.1, 0.15) is 5.92 Å². The predicted molar refractivity (Wildman–Crippen MR) is 93.8 cm³/mol. The highest BCUT2D eigenvalue weighted by atomic mass is 79.9. The molecule has 2 amide bonds. The molecular weight excluding hydrogens is 429 g/mol. The molecule has 0 bridgehead atoms. The minimum absolute atomic E-state index is 0.0234. The molecule has 0 aromatic heterocycles. The summed E-state index contributed by atoms with van der Waals surface area (Å²) in [6.45, 7) is 0. The van der Waals surface area contributed by atoms with E-state index in [9.17, 15) is 27.9 Å². The third-order valence-corrected chi connectivity index (χ3v) is 4.90. The molecule has 0 unspecified atom stereocenters. The van der Waals surface area contributed by atoms with E-state index in [1.165, 1.54) is 41.7 Å². The Balaban J connectivity index is 2.15. The second-order valence-electron chi connectivity index (χ2n) is 6.10. The number of hydrogen-bond acceptors (Lipinski definition) is 3. The standard InChI is InChI=1S/C18H14BrF3N2O3/c19-12-8-6-11(7-9-12)15(25)13-14(10-4-2-1-3-5-10)23-16(26)24-17(13,27)18(20,21)22/h1-9,13-14,27H,(H2,23,24,26)/t13-,14-,17-/m1/s1. The van der Waals surface area contributed by atoms with Crippen molar-refractivity contribution in [2.45, 2.75) is 17.9 Å². The van der Waals surface area contributed by atoms with Crippen LogP contribution in [0.2, 0.25) is 0 Å². The van der Waals surface area contributed by atoms with Crippen molar-refractivity contribution >= 4 is 27.7 Å². The molecule has 1 fully saturated rings. The van der Waals surface area contributed by atoms with E-state index < -0.39 is 35.7 Å². The minimum atomic E-state index is -5.27. The van der Waals surface area contributed by atoms with Gasteiger partial charge in [-0.15, -0.1) is 0 Å². The first kappa shape index (κ1) is 19.4. The first-order chi connectivity index (χ1) is 12.6. The molecule has 5 nitrogen and oxygen atoms in total. The second-order valence-corrected chi connectivity index (χ2v) is 7.02. The van der Waals surface area contributed by atoms with E-state index in [4.69, 9.17) is 0 Å². The van der Waals surface area contributed by atoms with Crippen molar-refractivity contribution in [3.8, 4) is 0 Å². The van der Waals surface area contributed by atoms with Gasteiger partial charge >= 0.3 is 12.2 Å². The van der Waals surface area contributed by atoms with Crippen molar-refractivity contribution in [2.24, 2.45) is 5.92 Å². The number of carbonyl (C=O) groups excluding carboxylic acids is 2. The fourth-order valence-electron chi connectivity index (χ4n) is 3.07. The summed E-state index contributed by atoms with van der Waals surface area (Å²) in [6.07, 6.45) is -5.27. The van der Waals surface area contributed by atoms with E-state index in [-0.39, 0.29) is 11.1 Å². The Morgan fingerprint density at radius 1 is 1.07 bits per heavy atom. The van der Waals surface area contributed by atoms with Crippen molar-refractivity contribution in [2.75, 3.05) is 0 Å². The second kappa shape index (κ2) is 6.97. The lowest BCUT2D eigenvalue weighted by molar-refractivity contribution is -0.287. The zero-order chi connectivity index (χ0) is 19.8. The maximum absolute atomic E-state index is 13.7. The van der Waals surface area contributed by atoms with E-state index >= 15 is 0 Å². The minimum Gasteiger partial charge on any atom is -0.363 e. The van der Waals surface area contributed by atoms with Crippen molar-refractivity contribution in [1.29, 1.82) is 0 Å². The molecule has 1 aliphatic heterocycles. The summed E-state index contributed by atoms with van der Waals surface area (Å²) in [4.78, 5) is 24.9. The Hall–Kier alpha value is -2.39. The molecule has 1 aliphatic rings. The maximum Gasteiger partial charge on any atom is 0.437 e. The lowest BCUT2D eigenvalue weighted by atomic mass is 9.77. The number of aliphatic hydroxyl groups is 1. The molecule has 2 aromatic carbocycles. The van der Waals surface area contributed by atoms with Gasteiger partial charge in [-0.2, -0.15) is 13.2 Å². The Labute approximate surface area is 160 Å². The summed E-state index contributed by atoms with van der Waals surface area (Å²) in [6, 6.07) is 10.9. The van der Waals surface area contributed by atoms with Gasteiger partial charge in [-0.1, -0.05) is 58.4 Å². The summed E-state index contributed by atoms with van der Waals surface area (Å²) >= 11 is 3.19. The largest absolute Gasteiger partial charge is 0.437 e. The van der Waals surface area contributed by atoms with Crippen molar-refractivity contribution in [3.63, 3.8) is 0 Å². The molecule has 3 atom stereocenters. The number of amides is 2. The molecule has 3 N–H and O–H groups in total. The van der Waals surface area contributed by atoms with Gasteiger partial charge in [-0.25, -0.2) is 4.79 Å². The Morgan fingerprint density at radius 2 is 1.67 bits per heavy atom. The van der Waals surface area contributed by atoms with Crippen LogP contribution in [0, 0.1) is 5.92 Å². The molecule has 1 heterocycles. The normalized spacial score (nSPS) is 25.4. The Bertz CT molecular complexity index is 858. The lowest BCUT2D eigenvalue weighted by Crippen LogP contribution is -2.72. The molecule has 2 aromatic rings. The molecule has 0 saturated carbocycles. The van der Waals surface area contributed by atoms with Crippen LogP contribution in [0.25, 0.3) is 0 Å². The molecule has 0 radical (unpaired) electrons. The number of rotatable bonds is 3. The van der Waals surface area contributed by atoms with Crippen LogP contribution in [0.15, 0.2) is 59.1 Å². The highest BCUT2D eigenvalue weighted by Crippen LogP contribution is 2.43. The number of nitrogens with one attached hydrogen (secondary N) is 2. The van der Waals surface area contributed by atoms with E-state index in [2.05, 4.69) is 21.2 Å². The summed E-state index contributed by atoms with van der Waals surface area (Å²) in [5.41, 5.74) is -3.48. The summed E-state index contributed by atoms with van der Waals surface area (Å²) < 4.78 is 41.8. The summed E-state index contributed by atoms with van der Waals surface area (Å²) in [5, 5.41) is 14.3. The Morgan fingerprint density at radius 3 is 2.22 bits per heavy atom. The SMILES string of the molecule is O=C1N[C@H](c2ccccc2)[C@H](C(=O)c2ccc(Br)cc2)[C@@](O)(C(F)(F)F)N1. The number of alkyl halides is 3. The van der Waals surface area contributed by atoms with Crippen LogP contribution in [0.3, 0.4) is 0 Å². The Kier molecular flexibility index (Phi) is 5.00. The first-order valence-corrected chi connectivity index (χ1v) is 8.65. The number of ketones is 1. The van der Waals surface area contributed by atoms with Gasteiger partial charge in [0.2, 0.25) is 5.72 Å². The van der Waals surface area contributed by atoms with Gasteiger partial charge in [0.05, 0.1) is 6.04 Å². The van der Waals surface area contributed by atoms with Crippen LogP contribution in [0.4, 0.5) is 18.0 Å². The predicted octanol–water partition coefficient (Wildman–Crippen LogP) is 3.55. The van der Waals surface area contributed by atoms with Gasteiger partial charge in [0.25, 0.3) is 0 Å². The van der Waals surface area contributed by atoms with Gasteiger partial charge in [-0.05, 0) is 17.7 Å². The zero-order valence-electron chi connectivity index (χ0n) is 13.6. The average molecular weight is 443 g/mol. The van der Waals surface area contributed by atoms with Crippen molar-refractivity contribution in [3.05, 3.63) is 70.2 Å². The molecule has 0 aliphatic carbocycles. The molecule has 27 heavy (non-hydrogen) atoms. The molecule has 9 heteroatoms. The van der Waals surface area contributed by atoms with E-state index in [0.717, 1.165) is 0 Å². The average Bonchev–Trinajstić information content (AvgIpc) is 2.61. The van der Waals surface area contributed by atoms with Crippen LogP contribution >= 0.6 is 15.9 Å². The molecular formula is C18H14BrF3N2O3. The zero-order valence-corrected chi connectivity index (χ0v) is 15.2. The van der Waals surface area contributed by atoms with Gasteiger partial charge in [0, 0.05) is 10.0 Å². The number of Topliss-reactive ketones (excluding diaryl/α,β-unsaturated/α-hetero) is 1. The number of halogens is 4. The van der Waals surface area contributed by atoms with E-state index in [1.54, 1.807) is 18.2 Å². The lowest BCUT2D eigenvalue weighted by Gasteiger charge is -2.45. The summed E-state index contributed by atoms with van der Waals surface area (Å²) in [5.74, 6) is -2.98. The number of benzene rings is 2. The maximum atomic E-state index is 13.7. The molecule has 0 spiro atoms. The topological polar surface area (TPSA) is 78.4 Å². The molecule has 142 valence electrons. The fraction of sp³-hybridized carbons (Fsp3) is 0.222. The third kappa shape index (κ3) is 3.57. The van der Waals surface area contributed by atoms with Crippen molar-refractivity contribution in [1.82, 2.24) is 10.6 Å². The molecule has 1 saturated heterocycles. The third-order valence-electron chi connectivity index (χ3n) is 4.38. The van der Waals surface area contributed by atoms with E-state index in [1.807, 2.05) is 0 Å². The van der Waals surface area contributed by atoms with Crippen LogP contribution < -0.4 is 10.6 Å². The van der Waals surface area contributed by atoms with Gasteiger partial charge < -0.3 is 15.7 Å². The van der Waals surface area contributed by atoms with Crippen LogP contribution in [0.5, 0.6) is 0 Å². The summed E-state index contributed by atoms with van der Waals surface area (Å²) in [7, 11) is 0. The van der Waals surface area contributed by atoms with Crippen molar-refractivity contribution < 1.29 is 27.9 Å². The van der Waals surface area contributed by atoms with E-state index in [0.29, 0.717) is 4.47 Å².